The molecule has 2 aromatic heterocycles. The quantitative estimate of drug-likeness (QED) is 0.837. The molecule has 6 nitrogen and oxygen atoms in total. The second kappa shape index (κ2) is 7.17. The van der Waals surface area contributed by atoms with Gasteiger partial charge in [0.1, 0.15) is 0 Å². The lowest BCUT2D eigenvalue weighted by Crippen LogP contribution is -2.40. The van der Waals surface area contributed by atoms with Gasteiger partial charge in [0, 0.05) is 30.9 Å². The summed E-state index contributed by atoms with van der Waals surface area (Å²) in [6.07, 6.45) is 9.22. The monoisotopic (exact) mass is 300 g/mol. The van der Waals surface area contributed by atoms with Crippen LogP contribution < -0.4 is 5.32 Å². The van der Waals surface area contributed by atoms with E-state index in [-0.39, 0.29) is 11.9 Å². The number of ether oxygens (including phenoxy) is 1. The number of pyridine rings is 1. The molecule has 116 valence electrons. The van der Waals surface area contributed by atoms with Crippen LogP contribution in [0.4, 0.5) is 0 Å². The molecule has 1 aliphatic heterocycles. The molecule has 0 saturated carbocycles. The number of aromatic amines is 1. The highest BCUT2D eigenvalue weighted by molar-refractivity contribution is 5.76. The largest absolute Gasteiger partial charge is 0.379 e. The van der Waals surface area contributed by atoms with Crippen molar-refractivity contribution < 1.29 is 9.53 Å². The van der Waals surface area contributed by atoms with Gasteiger partial charge in [0.2, 0.25) is 5.91 Å². The molecule has 1 amide bonds. The number of aryl methyl sites for hydroxylation is 1. The number of hydrogen-bond donors (Lipinski definition) is 2. The summed E-state index contributed by atoms with van der Waals surface area (Å²) in [6.45, 7) is 1.28. The van der Waals surface area contributed by atoms with Crippen molar-refractivity contribution in [1.82, 2.24) is 20.5 Å². The standard InChI is InChI=1S/C16H20N4O2/c21-16(2-1-13-8-18-19-9-13)20-15-11-22-10-14(15)7-12-3-5-17-6-4-12/h3-6,8-9,14-15H,1-2,7,10-11H2,(H,18,19)(H,20,21)/t14-,15+/m1/s1. The van der Waals surface area contributed by atoms with Gasteiger partial charge >= 0.3 is 0 Å². The Hall–Kier alpha value is -2.21. The molecule has 2 atom stereocenters. The molecular weight excluding hydrogens is 280 g/mol. The zero-order valence-electron chi connectivity index (χ0n) is 12.4. The Kier molecular flexibility index (Phi) is 4.80. The number of nitrogens with one attached hydrogen (secondary N) is 2. The fraction of sp³-hybridized carbons (Fsp3) is 0.438. The molecule has 22 heavy (non-hydrogen) atoms. The third-order valence-corrected chi connectivity index (χ3v) is 3.99. The molecule has 0 aliphatic carbocycles. The number of carbonyl (C=O) groups excluding carboxylic acids is 1. The molecule has 0 radical (unpaired) electrons. The Morgan fingerprint density at radius 1 is 1.32 bits per heavy atom. The van der Waals surface area contributed by atoms with Crippen molar-refractivity contribution in [3.8, 4) is 0 Å². The van der Waals surface area contributed by atoms with Gasteiger partial charge in [-0.1, -0.05) is 0 Å². The Labute approximate surface area is 129 Å². The number of aromatic nitrogens is 3. The summed E-state index contributed by atoms with van der Waals surface area (Å²) in [7, 11) is 0. The van der Waals surface area contributed by atoms with Crippen molar-refractivity contribution in [3.05, 3.63) is 48.0 Å². The SMILES string of the molecule is O=C(CCc1cn[nH]c1)N[C@H]1COC[C@H]1Cc1ccncc1. The minimum Gasteiger partial charge on any atom is -0.379 e. The maximum Gasteiger partial charge on any atom is 0.220 e. The Bertz CT molecular complexity index is 585. The lowest BCUT2D eigenvalue weighted by molar-refractivity contribution is -0.122. The first kappa shape index (κ1) is 14.7. The third-order valence-electron chi connectivity index (χ3n) is 3.99. The van der Waals surface area contributed by atoms with Crippen LogP contribution in [0.15, 0.2) is 36.9 Å². The summed E-state index contributed by atoms with van der Waals surface area (Å²) in [5.41, 5.74) is 2.27. The summed E-state index contributed by atoms with van der Waals surface area (Å²) < 4.78 is 5.55. The first-order valence-corrected chi connectivity index (χ1v) is 7.55. The first-order valence-electron chi connectivity index (χ1n) is 7.55. The normalized spacial score (nSPS) is 20.9. The third kappa shape index (κ3) is 3.92. The van der Waals surface area contributed by atoms with E-state index in [2.05, 4.69) is 20.5 Å². The molecule has 1 saturated heterocycles. The van der Waals surface area contributed by atoms with Gasteiger partial charge in [-0.25, -0.2) is 0 Å². The molecule has 3 heterocycles. The second-order valence-electron chi connectivity index (χ2n) is 5.64. The summed E-state index contributed by atoms with van der Waals surface area (Å²) in [5.74, 6) is 0.386. The number of carbonyl (C=O) groups is 1. The van der Waals surface area contributed by atoms with Crippen LogP contribution >= 0.6 is 0 Å². The van der Waals surface area contributed by atoms with E-state index in [9.17, 15) is 4.79 Å². The average Bonchev–Trinajstić information content (AvgIpc) is 3.19. The zero-order chi connectivity index (χ0) is 15.2. The van der Waals surface area contributed by atoms with Crippen LogP contribution in [0.3, 0.4) is 0 Å². The maximum absolute atomic E-state index is 12.1. The molecular formula is C16H20N4O2. The van der Waals surface area contributed by atoms with E-state index >= 15 is 0 Å². The molecule has 3 rings (SSSR count). The van der Waals surface area contributed by atoms with Gasteiger partial charge in [-0.05, 0) is 36.1 Å². The van der Waals surface area contributed by atoms with Gasteiger partial charge in [-0.3, -0.25) is 14.9 Å². The van der Waals surface area contributed by atoms with Crippen LogP contribution in [-0.2, 0) is 22.4 Å². The number of rotatable bonds is 6. The van der Waals surface area contributed by atoms with E-state index in [0.29, 0.717) is 32.0 Å². The molecule has 0 unspecified atom stereocenters. The average molecular weight is 300 g/mol. The summed E-state index contributed by atoms with van der Waals surface area (Å²) >= 11 is 0. The minimum absolute atomic E-state index is 0.0661. The number of H-pyrrole nitrogens is 1. The van der Waals surface area contributed by atoms with E-state index < -0.39 is 0 Å². The predicted molar refractivity (Wildman–Crippen MR) is 81.1 cm³/mol. The Balaban J connectivity index is 1.49. The summed E-state index contributed by atoms with van der Waals surface area (Å²) in [6, 6.07) is 4.11. The first-order chi connectivity index (χ1) is 10.8. The van der Waals surface area contributed by atoms with Crippen molar-refractivity contribution in [1.29, 1.82) is 0 Å². The van der Waals surface area contributed by atoms with Crippen molar-refractivity contribution in [3.63, 3.8) is 0 Å². The fourth-order valence-corrected chi connectivity index (χ4v) is 2.73. The van der Waals surface area contributed by atoms with Gasteiger partial charge in [0.25, 0.3) is 0 Å². The van der Waals surface area contributed by atoms with Gasteiger partial charge in [-0.15, -0.1) is 0 Å². The fourth-order valence-electron chi connectivity index (χ4n) is 2.73. The van der Waals surface area contributed by atoms with E-state index in [1.807, 2.05) is 18.3 Å². The molecule has 2 aromatic rings. The molecule has 0 aromatic carbocycles. The Morgan fingerprint density at radius 2 is 2.18 bits per heavy atom. The molecule has 1 fully saturated rings. The maximum atomic E-state index is 12.1. The van der Waals surface area contributed by atoms with Crippen molar-refractivity contribution in [2.75, 3.05) is 13.2 Å². The molecule has 0 bridgehead atoms. The van der Waals surface area contributed by atoms with Crippen LogP contribution in [0.25, 0.3) is 0 Å². The summed E-state index contributed by atoms with van der Waals surface area (Å²) in [4.78, 5) is 16.1. The van der Waals surface area contributed by atoms with Crippen molar-refractivity contribution in [2.24, 2.45) is 5.92 Å². The number of amides is 1. The van der Waals surface area contributed by atoms with E-state index in [0.717, 1.165) is 12.0 Å². The number of hydrogen-bond acceptors (Lipinski definition) is 4. The predicted octanol–water partition coefficient (Wildman–Crippen LogP) is 1.11. The van der Waals surface area contributed by atoms with Crippen LogP contribution in [-0.4, -0.2) is 40.3 Å². The van der Waals surface area contributed by atoms with Gasteiger partial charge in [-0.2, -0.15) is 5.10 Å². The number of nitrogens with zero attached hydrogens (tertiary/aromatic N) is 2. The van der Waals surface area contributed by atoms with Crippen LogP contribution in [0.5, 0.6) is 0 Å². The molecule has 2 N–H and O–H groups in total. The topological polar surface area (TPSA) is 79.9 Å². The second-order valence-corrected chi connectivity index (χ2v) is 5.64. The van der Waals surface area contributed by atoms with E-state index in [4.69, 9.17) is 4.74 Å². The Morgan fingerprint density at radius 3 is 2.95 bits per heavy atom. The highest BCUT2D eigenvalue weighted by Gasteiger charge is 2.29. The van der Waals surface area contributed by atoms with Crippen molar-refractivity contribution in [2.45, 2.75) is 25.3 Å². The van der Waals surface area contributed by atoms with Gasteiger partial charge in [0.05, 0.1) is 25.5 Å². The van der Waals surface area contributed by atoms with Gasteiger partial charge in [0.15, 0.2) is 0 Å². The molecule has 1 aliphatic rings. The molecule has 0 spiro atoms. The molecule has 6 heteroatoms. The van der Waals surface area contributed by atoms with E-state index in [1.54, 1.807) is 18.6 Å². The van der Waals surface area contributed by atoms with Crippen LogP contribution in [0, 0.1) is 5.92 Å². The van der Waals surface area contributed by atoms with Crippen LogP contribution in [0.1, 0.15) is 17.5 Å². The highest BCUT2D eigenvalue weighted by atomic mass is 16.5. The lowest BCUT2D eigenvalue weighted by Gasteiger charge is -2.19. The minimum atomic E-state index is 0.0661. The highest BCUT2D eigenvalue weighted by Crippen LogP contribution is 2.19. The van der Waals surface area contributed by atoms with Crippen molar-refractivity contribution >= 4 is 5.91 Å². The zero-order valence-corrected chi connectivity index (χ0v) is 12.4. The van der Waals surface area contributed by atoms with E-state index in [1.165, 1.54) is 5.56 Å². The smallest absolute Gasteiger partial charge is 0.220 e. The van der Waals surface area contributed by atoms with Gasteiger partial charge < -0.3 is 10.1 Å². The van der Waals surface area contributed by atoms with Crippen LogP contribution in [0.2, 0.25) is 0 Å². The summed E-state index contributed by atoms with van der Waals surface area (Å²) in [5, 5.41) is 9.74. The lowest BCUT2D eigenvalue weighted by atomic mass is 9.95.